The Bertz CT molecular complexity index is 1780. The van der Waals surface area contributed by atoms with Crippen LogP contribution in [0.2, 0.25) is 0 Å². The van der Waals surface area contributed by atoms with Gasteiger partial charge in [-0.05, 0) is 23.3 Å². The standard InChI is InChI=1S/C33H32N6O11/c40-18-28(30(42)35-17-29(41)50-26-13-11-24(12-14-26)39(46)47)36-31(43)27(37-32(44)48-19-22-7-3-1-4-8-22)15-25-16-34-21-38(25)33(45)49-20-23-9-5-2-6-10-23/h1-14,16,21,27-28,40H,15,17-20H2,(H,35,42)(H,36,43)(H,37,44)/t27-,28+/m0/s1. The van der Waals surface area contributed by atoms with Crippen LogP contribution in [0.1, 0.15) is 16.8 Å². The van der Waals surface area contributed by atoms with E-state index in [2.05, 4.69) is 20.9 Å². The zero-order valence-corrected chi connectivity index (χ0v) is 26.3. The highest BCUT2D eigenvalue weighted by molar-refractivity contribution is 5.92. The average Bonchev–Trinajstić information content (AvgIpc) is 3.60. The molecule has 0 aliphatic heterocycles. The lowest BCUT2D eigenvalue weighted by atomic mass is 10.1. The van der Waals surface area contributed by atoms with Gasteiger partial charge in [-0.25, -0.2) is 23.9 Å². The first kappa shape index (κ1) is 36.2. The Labute approximate surface area is 284 Å². The highest BCUT2D eigenvalue weighted by Gasteiger charge is 2.29. The van der Waals surface area contributed by atoms with Crippen LogP contribution in [-0.2, 0) is 43.5 Å². The highest BCUT2D eigenvalue weighted by atomic mass is 16.6. The summed E-state index contributed by atoms with van der Waals surface area (Å²) in [6.07, 6.45) is 0.332. The zero-order valence-electron chi connectivity index (χ0n) is 26.3. The molecule has 17 nitrogen and oxygen atoms in total. The number of nitrogens with one attached hydrogen (secondary N) is 3. The van der Waals surface area contributed by atoms with Crippen LogP contribution in [0.15, 0.2) is 97.5 Å². The Kier molecular flexibility index (Phi) is 13.1. The van der Waals surface area contributed by atoms with Crippen molar-refractivity contribution < 1.29 is 48.2 Å². The number of esters is 1. The van der Waals surface area contributed by atoms with E-state index in [1.54, 1.807) is 54.6 Å². The van der Waals surface area contributed by atoms with Gasteiger partial charge in [0.05, 0.1) is 17.2 Å². The Morgan fingerprint density at radius 1 is 0.820 bits per heavy atom. The monoisotopic (exact) mass is 688 g/mol. The number of ether oxygens (including phenoxy) is 3. The number of hydrogen-bond acceptors (Lipinski definition) is 12. The predicted molar refractivity (Wildman–Crippen MR) is 172 cm³/mol. The molecule has 0 saturated carbocycles. The fourth-order valence-electron chi connectivity index (χ4n) is 4.30. The molecule has 0 spiro atoms. The van der Waals surface area contributed by atoms with E-state index in [1.807, 2.05) is 6.07 Å². The summed E-state index contributed by atoms with van der Waals surface area (Å²) in [5, 5.41) is 27.6. The molecule has 50 heavy (non-hydrogen) atoms. The van der Waals surface area contributed by atoms with Crippen LogP contribution < -0.4 is 20.7 Å². The SMILES string of the molecule is O=C(CNC(=O)[C@@H](CO)NC(=O)[C@H](Cc1cncn1C(=O)OCc1ccccc1)NC(=O)OCc1ccccc1)Oc1ccc([N+](=O)[O-])cc1. The number of nitro groups is 1. The molecule has 17 heteroatoms. The molecule has 4 aromatic rings. The summed E-state index contributed by atoms with van der Waals surface area (Å²) in [4.78, 5) is 78.2. The fraction of sp³-hybridized carbons (Fsp3) is 0.212. The van der Waals surface area contributed by atoms with Gasteiger partial charge in [-0.2, -0.15) is 0 Å². The van der Waals surface area contributed by atoms with Crippen molar-refractivity contribution in [1.82, 2.24) is 25.5 Å². The molecule has 3 aromatic carbocycles. The number of carbonyl (C=O) groups is 5. The minimum Gasteiger partial charge on any atom is -0.445 e. The molecule has 1 heterocycles. The van der Waals surface area contributed by atoms with Gasteiger partial charge in [-0.15, -0.1) is 0 Å². The number of amides is 3. The Morgan fingerprint density at radius 2 is 1.44 bits per heavy atom. The van der Waals surface area contributed by atoms with Gasteiger partial charge in [0.25, 0.3) is 5.69 Å². The molecule has 0 fully saturated rings. The quantitative estimate of drug-likeness (QED) is 0.0608. The minimum atomic E-state index is -1.58. The van der Waals surface area contributed by atoms with Gasteiger partial charge >= 0.3 is 18.2 Å². The number of nitrogens with zero attached hydrogens (tertiary/aromatic N) is 3. The van der Waals surface area contributed by atoms with Gasteiger partial charge in [0.2, 0.25) is 11.8 Å². The molecule has 0 radical (unpaired) electrons. The van der Waals surface area contributed by atoms with E-state index >= 15 is 0 Å². The van der Waals surface area contributed by atoms with E-state index in [9.17, 15) is 39.2 Å². The number of alkyl carbamates (subject to hydrolysis) is 1. The van der Waals surface area contributed by atoms with Crippen molar-refractivity contribution in [1.29, 1.82) is 0 Å². The number of aliphatic hydroxyl groups excluding tert-OH is 1. The minimum absolute atomic E-state index is 0.0156. The maximum atomic E-state index is 13.4. The number of aliphatic hydroxyl groups is 1. The van der Waals surface area contributed by atoms with Gasteiger partial charge in [0.1, 0.15) is 43.9 Å². The van der Waals surface area contributed by atoms with Crippen LogP contribution in [0.3, 0.4) is 0 Å². The molecule has 0 bridgehead atoms. The maximum Gasteiger partial charge on any atom is 0.419 e. The number of carbonyl (C=O) groups excluding carboxylic acids is 5. The molecule has 0 aliphatic rings. The predicted octanol–water partition coefficient (Wildman–Crippen LogP) is 2.01. The molecule has 260 valence electrons. The molecule has 3 amide bonds. The van der Waals surface area contributed by atoms with Crippen LogP contribution in [0.4, 0.5) is 15.3 Å². The van der Waals surface area contributed by atoms with E-state index < -0.39 is 60.1 Å². The van der Waals surface area contributed by atoms with Crippen molar-refractivity contribution in [3.63, 3.8) is 0 Å². The number of hydrogen-bond donors (Lipinski definition) is 4. The lowest BCUT2D eigenvalue weighted by Crippen LogP contribution is -2.56. The lowest BCUT2D eigenvalue weighted by Gasteiger charge is -2.22. The van der Waals surface area contributed by atoms with Crippen LogP contribution in [0, 0.1) is 10.1 Å². The van der Waals surface area contributed by atoms with E-state index in [0.717, 1.165) is 22.3 Å². The molecule has 0 aliphatic carbocycles. The molecule has 2 atom stereocenters. The van der Waals surface area contributed by atoms with Crippen LogP contribution in [0.25, 0.3) is 0 Å². The Morgan fingerprint density at radius 3 is 2.04 bits per heavy atom. The second-order valence-corrected chi connectivity index (χ2v) is 10.4. The molecule has 4 N–H and O–H groups in total. The Hall–Kier alpha value is -6.62. The molecule has 4 rings (SSSR count). The summed E-state index contributed by atoms with van der Waals surface area (Å²) in [7, 11) is 0. The van der Waals surface area contributed by atoms with Crippen LogP contribution >= 0.6 is 0 Å². The normalized spacial score (nSPS) is 11.7. The van der Waals surface area contributed by atoms with E-state index in [4.69, 9.17) is 14.2 Å². The van der Waals surface area contributed by atoms with Crippen molar-refractivity contribution in [2.75, 3.05) is 13.2 Å². The topological polar surface area (TPSA) is 230 Å². The van der Waals surface area contributed by atoms with Crippen molar-refractivity contribution in [3.05, 3.63) is 124 Å². The van der Waals surface area contributed by atoms with Crippen molar-refractivity contribution >= 4 is 35.7 Å². The third-order valence-electron chi connectivity index (χ3n) is 6.85. The largest absolute Gasteiger partial charge is 0.445 e. The first-order valence-electron chi connectivity index (χ1n) is 15.0. The third kappa shape index (κ3) is 11.0. The average molecular weight is 689 g/mol. The number of nitro benzene ring substituents is 1. The van der Waals surface area contributed by atoms with E-state index in [1.165, 1.54) is 24.7 Å². The fourth-order valence-corrected chi connectivity index (χ4v) is 4.30. The third-order valence-corrected chi connectivity index (χ3v) is 6.85. The van der Waals surface area contributed by atoms with E-state index in [0.29, 0.717) is 5.56 Å². The maximum absolute atomic E-state index is 13.4. The van der Waals surface area contributed by atoms with Crippen LogP contribution in [0.5, 0.6) is 5.75 Å². The molecule has 1 aromatic heterocycles. The second-order valence-electron chi connectivity index (χ2n) is 10.4. The smallest absolute Gasteiger partial charge is 0.419 e. The zero-order chi connectivity index (χ0) is 35.9. The number of imidazole rings is 1. The summed E-state index contributed by atoms with van der Waals surface area (Å²) in [6, 6.07) is 19.3. The Balaban J connectivity index is 1.40. The number of aromatic nitrogens is 2. The van der Waals surface area contributed by atoms with Gasteiger partial charge in [-0.1, -0.05) is 60.7 Å². The van der Waals surface area contributed by atoms with E-state index in [-0.39, 0.29) is 36.8 Å². The summed E-state index contributed by atoms with van der Waals surface area (Å²) < 4.78 is 16.7. The first-order chi connectivity index (χ1) is 24.1. The van der Waals surface area contributed by atoms with Gasteiger partial charge < -0.3 is 35.3 Å². The molecule has 0 unspecified atom stereocenters. The van der Waals surface area contributed by atoms with Crippen molar-refractivity contribution in [2.24, 2.45) is 0 Å². The van der Waals surface area contributed by atoms with Gasteiger partial charge in [0.15, 0.2) is 0 Å². The first-order valence-corrected chi connectivity index (χ1v) is 15.0. The van der Waals surface area contributed by atoms with Crippen molar-refractivity contribution in [2.45, 2.75) is 31.7 Å². The summed E-state index contributed by atoms with van der Waals surface area (Å²) in [6.45, 7) is -1.74. The second kappa shape index (κ2) is 18.1. The molecule has 0 saturated heterocycles. The summed E-state index contributed by atoms with van der Waals surface area (Å²) in [5.41, 5.74) is 1.34. The molecular formula is C33H32N6O11. The summed E-state index contributed by atoms with van der Waals surface area (Å²) in [5.74, 6) is -2.88. The number of rotatable bonds is 15. The van der Waals surface area contributed by atoms with Gasteiger partial charge in [0, 0.05) is 24.8 Å². The lowest BCUT2D eigenvalue weighted by molar-refractivity contribution is -0.384. The van der Waals surface area contributed by atoms with Gasteiger partial charge in [-0.3, -0.25) is 19.7 Å². The number of non-ortho nitro benzene ring substituents is 1. The van der Waals surface area contributed by atoms with Crippen molar-refractivity contribution in [3.8, 4) is 5.75 Å². The highest BCUT2D eigenvalue weighted by Crippen LogP contribution is 2.17. The number of benzene rings is 3. The summed E-state index contributed by atoms with van der Waals surface area (Å²) >= 11 is 0. The molecular weight excluding hydrogens is 656 g/mol. The van der Waals surface area contributed by atoms with Crippen LogP contribution in [-0.4, -0.2) is 74.8 Å².